The van der Waals surface area contributed by atoms with Gasteiger partial charge in [0.2, 0.25) is 0 Å². The number of thioether (sulfide) groups is 1. The number of rotatable bonds is 8. The molecule has 1 aliphatic heterocycles. The second-order valence-electron chi connectivity index (χ2n) is 7.35. The fourth-order valence-corrected chi connectivity index (χ4v) is 4.40. The zero-order chi connectivity index (χ0) is 19.9. The Morgan fingerprint density at radius 3 is 2.75 bits per heavy atom. The molecular formula is C21H29N3O3S. The molecule has 3 rings (SSSR count). The highest BCUT2D eigenvalue weighted by Gasteiger charge is 2.21. The minimum atomic E-state index is -0.0273. The molecule has 0 spiro atoms. The summed E-state index contributed by atoms with van der Waals surface area (Å²) in [7, 11) is 0. The molecule has 1 aromatic carbocycles. The van der Waals surface area contributed by atoms with Crippen molar-refractivity contribution in [1.82, 2.24) is 15.4 Å². The maximum absolute atomic E-state index is 12.6. The summed E-state index contributed by atoms with van der Waals surface area (Å²) in [6.45, 7) is 9.67. The molecule has 2 atom stereocenters. The van der Waals surface area contributed by atoms with E-state index in [0.717, 1.165) is 42.4 Å². The fourth-order valence-electron chi connectivity index (χ4n) is 3.48. The third-order valence-electron chi connectivity index (χ3n) is 4.61. The van der Waals surface area contributed by atoms with E-state index in [0.29, 0.717) is 17.9 Å². The number of nitrogens with zero attached hydrogens (tertiary/aromatic N) is 2. The second kappa shape index (κ2) is 10.1. The number of amides is 1. The number of morpholine rings is 1. The van der Waals surface area contributed by atoms with Crippen molar-refractivity contribution in [1.29, 1.82) is 0 Å². The van der Waals surface area contributed by atoms with E-state index in [-0.39, 0.29) is 18.1 Å². The van der Waals surface area contributed by atoms with E-state index in [2.05, 4.69) is 29.2 Å². The zero-order valence-corrected chi connectivity index (χ0v) is 17.6. The van der Waals surface area contributed by atoms with Gasteiger partial charge in [-0.25, -0.2) is 0 Å². The van der Waals surface area contributed by atoms with E-state index >= 15 is 0 Å². The van der Waals surface area contributed by atoms with Crippen LogP contribution in [0.5, 0.6) is 0 Å². The molecule has 0 bridgehead atoms. The van der Waals surface area contributed by atoms with E-state index in [1.54, 1.807) is 11.8 Å². The highest BCUT2D eigenvalue weighted by atomic mass is 32.2. The molecule has 1 aliphatic rings. The molecular weight excluding hydrogens is 374 g/mol. The summed E-state index contributed by atoms with van der Waals surface area (Å²) in [6.07, 6.45) is 1.48. The molecule has 1 fully saturated rings. The van der Waals surface area contributed by atoms with E-state index in [1.165, 1.54) is 0 Å². The third kappa shape index (κ3) is 6.09. The van der Waals surface area contributed by atoms with Crippen molar-refractivity contribution < 1.29 is 14.1 Å². The van der Waals surface area contributed by atoms with Gasteiger partial charge in [-0.1, -0.05) is 17.3 Å². The first-order valence-corrected chi connectivity index (χ1v) is 10.8. The molecule has 1 saturated heterocycles. The summed E-state index contributed by atoms with van der Waals surface area (Å²) in [5, 5.41) is 6.96. The van der Waals surface area contributed by atoms with Crippen LogP contribution in [0, 0.1) is 6.92 Å². The van der Waals surface area contributed by atoms with Gasteiger partial charge in [-0.2, -0.15) is 0 Å². The van der Waals surface area contributed by atoms with Gasteiger partial charge >= 0.3 is 0 Å². The molecule has 152 valence electrons. The number of hydrogen-bond acceptors (Lipinski definition) is 6. The largest absolute Gasteiger partial charge is 0.373 e. The molecule has 2 aromatic rings. The number of benzene rings is 1. The third-order valence-corrected chi connectivity index (χ3v) is 5.71. The van der Waals surface area contributed by atoms with E-state index in [4.69, 9.17) is 9.26 Å². The number of carbonyl (C=O) groups is 1. The van der Waals surface area contributed by atoms with Gasteiger partial charge in [-0.3, -0.25) is 9.69 Å². The summed E-state index contributed by atoms with van der Waals surface area (Å²) in [5.41, 5.74) is 1.57. The summed E-state index contributed by atoms with van der Waals surface area (Å²) >= 11 is 1.59. The maximum Gasteiger partial charge on any atom is 0.252 e. The molecule has 7 heteroatoms. The summed E-state index contributed by atoms with van der Waals surface area (Å²) < 4.78 is 11.0. The monoisotopic (exact) mass is 403 g/mol. The van der Waals surface area contributed by atoms with E-state index in [9.17, 15) is 4.79 Å². The number of hydrogen-bond donors (Lipinski definition) is 1. The second-order valence-corrected chi connectivity index (χ2v) is 8.36. The number of aryl methyl sites for hydroxylation is 1. The van der Waals surface area contributed by atoms with Crippen LogP contribution in [0.4, 0.5) is 0 Å². The van der Waals surface area contributed by atoms with Gasteiger partial charge < -0.3 is 14.6 Å². The van der Waals surface area contributed by atoms with E-state index in [1.807, 2.05) is 37.3 Å². The number of carbonyl (C=O) groups excluding carboxylic acids is 1. The minimum Gasteiger partial charge on any atom is -0.373 e. The topological polar surface area (TPSA) is 67.6 Å². The highest BCUT2D eigenvalue weighted by molar-refractivity contribution is 7.98. The van der Waals surface area contributed by atoms with Crippen molar-refractivity contribution >= 4 is 17.7 Å². The van der Waals surface area contributed by atoms with Gasteiger partial charge in [0.1, 0.15) is 5.76 Å². The van der Waals surface area contributed by atoms with Crippen molar-refractivity contribution in [3.63, 3.8) is 0 Å². The lowest BCUT2D eigenvalue weighted by molar-refractivity contribution is -0.0679. The quantitative estimate of drug-likeness (QED) is 0.537. The van der Waals surface area contributed by atoms with Gasteiger partial charge in [-0.05, 0) is 39.3 Å². The smallest absolute Gasteiger partial charge is 0.252 e. The van der Waals surface area contributed by atoms with Gasteiger partial charge in [-0.15, -0.1) is 11.8 Å². The first-order chi connectivity index (χ1) is 13.5. The summed E-state index contributed by atoms with van der Waals surface area (Å²) in [5.74, 6) is 1.44. The lowest BCUT2D eigenvalue weighted by Crippen LogP contribution is -2.46. The molecule has 0 aliphatic carbocycles. The van der Waals surface area contributed by atoms with E-state index < -0.39 is 0 Å². The summed E-state index contributed by atoms with van der Waals surface area (Å²) in [4.78, 5) is 16.0. The highest BCUT2D eigenvalue weighted by Crippen LogP contribution is 2.26. The lowest BCUT2D eigenvalue weighted by atomic mass is 10.2. The maximum atomic E-state index is 12.6. The molecule has 0 saturated carbocycles. The molecule has 0 radical (unpaired) electrons. The molecule has 6 nitrogen and oxygen atoms in total. The van der Waals surface area contributed by atoms with Crippen LogP contribution >= 0.6 is 11.8 Å². The Kier molecular flexibility index (Phi) is 7.53. The van der Waals surface area contributed by atoms with Crippen molar-refractivity contribution in [2.45, 2.75) is 50.0 Å². The van der Waals surface area contributed by atoms with Crippen LogP contribution in [0.15, 0.2) is 39.8 Å². The van der Waals surface area contributed by atoms with Crippen molar-refractivity contribution in [3.8, 4) is 0 Å². The van der Waals surface area contributed by atoms with Crippen molar-refractivity contribution in [2.24, 2.45) is 0 Å². The Hall–Kier alpha value is -1.83. The first-order valence-electron chi connectivity index (χ1n) is 9.81. The van der Waals surface area contributed by atoms with Crippen LogP contribution in [-0.2, 0) is 10.5 Å². The van der Waals surface area contributed by atoms with Gasteiger partial charge in [0.15, 0.2) is 0 Å². The fraction of sp³-hybridized carbons (Fsp3) is 0.524. The van der Waals surface area contributed by atoms with Crippen LogP contribution in [-0.4, -0.2) is 54.4 Å². The normalized spacial score (nSPS) is 20.2. The van der Waals surface area contributed by atoms with Gasteiger partial charge in [0.25, 0.3) is 5.91 Å². The Bertz CT molecular complexity index is 770. The number of ether oxygens (including phenoxy) is 1. The number of nitrogens with one attached hydrogen (secondary N) is 1. The Balaban J connectivity index is 1.46. The lowest BCUT2D eigenvalue weighted by Gasteiger charge is -2.35. The molecule has 28 heavy (non-hydrogen) atoms. The Labute approximate surface area is 171 Å². The SMILES string of the molecule is Cc1cc(CSc2ccccc2C(=O)NCCCN2CC(C)OC(C)C2)on1. The van der Waals surface area contributed by atoms with Crippen LogP contribution in [0.3, 0.4) is 0 Å². The molecule has 2 heterocycles. The van der Waals surface area contributed by atoms with Crippen LogP contribution in [0.25, 0.3) is 0 Å². The standard InChI is InChI=1S/C21H29N3O3S/c1-15-11-18(27-23-15)14-28-20-8-5-4-7-19(20)21(25)22-9-6-10-24-12-16(2)26-17(3)13-24/h4-5,7-8,11,16-17H,6,9-10,12-14H2,1-3H3,(H,22,25). The minimum absolute atomic E-state index is 0.0273. The zero-order valence-electron chi connectivity index (χ0n) is 16.8. The van der Waals surface area contributed by atoms with Crippen LogP contribution in [0.1, 0.15) is 42.1 Å². The van der Waals surface area contributed by atoms with Crippen molar-refractivity contribution in [3.05, 3.63) is 47.3 Å². The predicted octanol–water partition coefficient (Wildman–Crippen LogP) is 3.50. The Morgan fingerprint density at radius 1 is 1.29 bits per heavy atom. The predicted molar refractivity (Wildman–Crippen MR) is 111 cm³/mol. The number of aromatic nitrogens is 1. The Morgan fingerprint density at radius 2 is 2.04 bits per heavy atom. The van der Waals surface area contributed by atoms with Crippen molar-refractivity contribution in [2.75, 3.05) is 26.2 Å². The summed E-state index contributed by atoms with van der Waals surface area (Å²) in [6, 6.07) is 9.61. The van der Waals surface area contributed by atoms with Gasteiger partial charge in [0, 0.05) is 37.1 Å². The van der Waals surface area contributed by atoms with Gasteiger partial charge in [0.05, 0.1) is 29.2 Å². The van der Waals surface area contributed by atoms with Crippen LogP contribution < -0.4 is 5.32 Å². The molecule has 2 unspecified atom stereocenters. The molecule has 1 amide bonds. The average Bonchev–Trinajstić information content (AvgIpc) is 3.08. The molecule has 1 aromatic heterocycles. The van der Waals surface area contributed by atoms with Crippen LogP contribution in [0.2, 0.25) is 0 Å². The molecule has 1 N–H and O–H groups in total. The first kappa shape index (κ1) is 20.9. The average molecular weight is 404 g/mol.